The zero-order chi connectivity index (χ0) is 25.4. The van der Waals surface area contributed by atoms with Gasteiger partial charge in [-0.3, -0.25) is 4.79 Å². The van der Waals surface area contributed by atoms with Gasteiger partial charge >= 0.3 is 97.0 Å². The van der Waals surface area contributed by atoms with Gasteiger partial charge in [0.25, 0.3) is 0 Å². The third kappa shape index (κ3) is 12.1. The van der Waals surface area contributed by atoms with E-state index in [1.807, 2.05) is 0 Å². The number of halogens is 16. The van der Waals surface area contributed by atoms with Gasteiger partial charge in [0.05, 0.1) is 0 Å². The van der Waals surface area contributed by atoms with Crippen LogP contribution in [0.4, 0.5) is 70.4 Å². The fourth-order valence-corrected chi connectivity index (χ4v) is 1.42. The van der Waals surface area contributed by atoms with Crippen molar-refractivity contribution in [1.82, 2.24) is 4.72 Å². The average molecular weight is 554 g/mol. The van der Waals surface area contributed by atoms with E-state index in [1.54, 1.807) is 0 Å². The van der Waals surface area contributed by atoms with Crippen molar-refractivity contribution in [2.45, 2.75) is 29.6 Å². The summed E-state index contributed by atoms with van der Waals surface area (Å²) in [5.74, 6) is -9.90. The summed E-state index contributed by atoms with van der Waals surface area (Å²) in [6, 6.07) is 0. The molecule has 23 heteroatoms. The van der Waals surface area contributed by atoms with E-state index in [1.165, 1.54) is 4.94 Å². The van der Waals surface area contributed by atoms with E-state index in [4.69, 9.17) is 0 Å². The number of hydrogen-bond acceptors (Lipinski definition) is 4. The van der Waals surface area contributed by atoms with E-state index >= 15 is 0 Å². The molecule has 0 aromatic heterocycles. The summed E-state index contributed by atoms with van der Waals surface area (Å²) in [7, 11) is -7.21. The molecule has 0 fully saturated rings. The summed E-state index contributed by atoms with van der Waals surface area (Å²) in [5.41, 5.74) is 0. The van der Waals surface area contributed by atoms with Crippen LogP contribution in [0.15, 0.2) is 0 Å². The van der Waals surface area contributed by atoms with Crippen molar-refractivity contribution in [2.75, 3.05) is 13.6 Å². The SMILES string of the molecule is FCC(F)(F)F.FCF.O=C(NS(=O)(=O)C(F)(F)C(F)(F)F)C(F)(OF)C(F)(F)F.[K+]. The third-order valence-corrected chi connectivity index (χ3v) is 3.17. The number of nitrogens with one attached hydrogen (secondary N) is 1. The Labute approximate surface area is 202 Å². The van der Waals surface area contributed by atoms with Gasteiger partial charge in [-0.25, -0.2) is 17.9 Å². The molecule has 0 saturated carbocycles. The first kappa shape index (κ1) is 38.2. The quantitative estimate of drug-likeness (QED) is 0.418. The molecule has 1 N–H and O–H groups in total. The van der Waals surface area contributed by atoms with Crippen LogP contribution < -0.4 is 56.1 Å². The van der Waals surface area contributed by atoms with E-state index in [0.29, 0.717) is 0 Å². The smallest absolute Gasteiger partial charge is 0.267 e. The van der Waals surface area contributed by atoms with Crippen LogP contribution in [0.2, 0.25) is 0 Å². The molecule has 0 aromatic carbocycles. The van der Waals surface area contributed by atoms with Crippen molar-refractivity contribution in [2.24, 2.45) is 0 Å². The zero-order valence-electron chi connectivity index (χ0n) is 14.0. The number of hydrogen-bond donors (Lipinski definition) is 1. The average Bonchev–Trinajstić information content (AvgIpc) is 2.51. The van der Waals surface area contributed by atoms with Gasteiger partial charge in [0.15, 0.2) is 6.67 Å². The second kappa shape index (κ2) is 13.6. The van der Waals surface area contributed by atoms with Crippen molar-refractivity contribution < 1.29 is 140 Å². The van der Waals surface area contributed by atoms with Crippen LogP contribution >= 0.6 is 0 Å². The van der Waals surface area contributed by atoms with Crippen LogP contribution in [-0.2, 0) is 19.8 Å². The molecule has 0 spiro atoms. The van der Waals surface area contributed by atoms with Crippen molar-refractivity contribution in [3.05, 3.63) is 0 Å². The molecule has 0 saturated heterocycles. The summed E-state index contributed by atoms with van der Waals surface area (Å²) < 4.78 is 201. The molecule has 1 unspecified atom stereocenters. The minimum Gasteiger partial charge on any atom is -0.267 e. The van der Waals surface area contributed by atoms with Crippen LogP contribution in [0.5, 0.6) is 0 Å². The van der Waals surface area contributed by atoms with Crippen molar-refractivity contribution >= 4 is 15.9 Å². The van der Waals surface area contributed by atoms with Gasteiger partial charge in [-0.1, -0.05) is 0 Å². The Hall–Kier alpha value is -0.104. The Balaban J connectivity index is -0.000000307. The van der Waals surface area contributed by atoms with E-state index < -0.39 is 63.9 Å². The zero-order valence-corrected chi connectivity index (χ0v) is 17.9. The van der Waals surface area contributed by atoms with Crippen LogP contribution in [0.25, 0.3) is 0 Å². The fraction of sp³-hybridized carbons (Fsp3) is 0.875. The summed E-state index contributed by atoms with van der Waals surface area (Å²) in [5, 5.41) is -6.77. The maximum Gasteiger partial charge on any atom is 1.00 e. The van der Waals surface area contributed by atoms with Crippen molar-refractivity contribution in [3.8, 4) is 0 Å². The predicted octanol–water partition coefficient (Wildman–Crippen LogP) is 1.12. The Morgan fingerprint density at radius 3 is 1.23 bits per heavy atom. The molecule has 1 atom stereocenters. The van der Waals surface area contributed by atoms with Gasteiger partial charge < -0.3 is 0 Å². The van der Waals surface area contributed by atoms with Crippen LogP contribution in [0.3, 0.4) is 0 Å². The minimum atomic E-state index is -7.21. The minimum absolute atomic E-state index is 0. The molecule has 0 bridgehead atoms. The van der Waals surface area contributed by atoms with Gasteiger partial charge in [0.2, 0.25) is 6.93 Å². The number of carbonyl (C=O) groups is 1. The molecule has 0 radical (unpaired) electrons. The summed E-state index contributed by atoms with van der Waals surface area (Å²) in [4.78, 5) is 12.0. The van der Waals surface area contributed by atoms with Crippen molar-refractivity contribution in [3.63, 3.8) is 0 Å². The molecule has 0 rings (SSSR count). The molecule has 0 aliphatic rings. The molecular weight excluding hydrogens is 549 g/mol. The molecule has 184 valence electrons. The number of carbonyl (C=O) groups excluding carboxylic acids is 1. The first-order valence-electron chi connectivity index (χ1n) is 5.73. The molecular formula is C8H5F16KNO4S+. The molecule has 0 aliphatic carbocycles. The standard InChI is InChI=1S/C5HF10NO4S.C2H2F4.CH2F2.K/c6-2(20-15,3(7,8)9)1(17)16-21(18,19)5(13,14)4(10,11)12;3-1-2(4,5)6;2-1-3;/h(H,16,17);1H2;1H2;/q;;;+1. The van der Waals surface area contributed by atoms with Crippen LogP contribution in [0.1, 0.15) is 0 Å². The van der Waals surface area contributed by atoms with E-state index in [0.717, 1.165) is 0 Å². The molecule has 1 amide bonds. The van der Waals surface area contributed by atoms with Gasteiger partial charge in [0, 0.05) is 0 Å². The van der Waals surface area contributed by atoms with Crippen LogP contribution in [-0.4, -0.2) is 57.6 Å². The Morgan fingerprint density at radius 2 is 1.06 bits per heavy atom. The number of sulfonamides is 1. The summed E-state index contributed by atoms with van der Waals surface area (Å²) >= 11 is 0. The largest absolute Gasteiger partial charge is 1.00 e. The molecule has 0 heterocycles. The number of amides is 1. The Bertz CT molecular complexity index is 631. The third-order valence-electron chi connectivity index (χ3n) is 1.81. The summed E-state index contributed by atoms with van der Waals surface area (Å²) in [6.07, 6.45) is -18.1. The summed E-state index contributed by atoms with van der Waals surface area (Å²) in [6.45, 7) is -3.98. The first-order chi connectivity index (χ1) is 12.9. The molecule has 5 nitrogen and oxygen atoms in total. The Morgan fingerprint density at radius 1 is 0.774 bits per heavy atom. The maximum absolute atomic E-state index is 12.7. The number of rotatable bonds is 4. The predicted molar refractivity (Wildman–Crippen MR) is 59.3 cm³/mol. The molecule has 0 aromatic rings. The monoisotopic (exact) mass is 554 g/mol. The van der Waals surface area contributed by atoms with E-state index in [9.17, 15) is 83.6 Å². The Kier molecular flexibility index (Phi) is 16.7. The van der Waals surface area contributed by atoms with E-state index in [-0.39, 0.29) is 51.4 Å². The topological polar surface area (TPSA) is 72.5 Å². The maximum atomic E-state index is 12.7. The van der Waals surface area contributed by atoms with Gasteiger partial charge in [-0.15, -0.1) is 4.94 Å². The van der Waals surface area contributed by atoms with Crippen molar-refractivity contribution in [1.29, 1.82) is 0 Å². The van der Waals surface area contributed by atoms with Crippen LogP contribution in [0, 0.1) is 0 Å². The van der Waals surface area contributed by atoms with Gasteiger partial charge in [-0.2, -0.15) is 61.1 Å². The molecule has 31 heavy (non-hydrogen) atoms. The fourth-order valence-electron chi connectivity index (χ4n) is 0.612. The first-order valence-corrected chi connectivity index (χ1v) is 7.21. The number of alkyl halides is 15. The molecule has 0 aliphatic heterocycles. The second-order valence-corrected chi connectivity index (χ2v) is 5.69. The van der Waals surface area contributed by atoms with Gasteiger partial charge in [0.1, 0.15) is 0 Å². The normalized spacial score (nSPS) is 14.6. The van der Waals surface area contributed by atoms with Gasteiger partial charge in [-0.05, 0) is 4.53 Å². The second-order valence-electron chi connectivity index (χ2n) is 3.97. The van der Waals surface area contributed by atoms with E-state index in [2.05, 4.69) is 0 Å².